The number of aryl methyl sites for hydroxylation is 1. The lowest BCUT2D eigenvalue weighted by molar-refractivity contribution is 1.10. The monoisotopic (exact) mass is 613 g/mol. The number of hydrogen-bond acceptors (Lipinski definition) is 2. The van der Waals surface area contributed by atoms with Crippen molar-refractivity contribution in [2.75, 3.05) is 0 Å². The molecule has 7 aromatic carbocycles. The standard InChI is InChI=1S/C45H31N3/c1-30-14-16-34(17-15-30)45-47-41-12-6-7-13-44(41)48(45)40-24-22-33(23-25-40)42-28-39(37-20-18-31-8-2-4-10-35(31)26-37)29-43(46-42)38-21-19-32-9-3-5-11-36(32)27-38/h2-29H,1H3. The Kier molecular flexibility index (Phi) is 6.69. The number of imidazole rings is 1. The molecule has 0 aliphatic rings. The minimum atomic E-state index is 0.930. The number of benzene rings is 7. The lowest BCUT2D eigenvalue weighted by Gasteiger charge is -2.13. The highest BCUT2D eigenvalue weighted by Gasteiger charge is 2.15. The van der Waals surface area contributed by atoms with Gasteiger partial charge in [-0.25, -0.2) is 9.97 Å². The van der Waals surface area contributed by atoms with Crippen molar-refractivity contribution in [1.82, 2.24) is 14.5 Å². The lowest BCUT2D eigenvalue weighted by Crippen LogP contribution is -1.98. The first-order chi connectivity index (χ1) is 23.7. The van der Waals surface area contributed by atoms with Gasteiger partial charge in [-0.3, -0.25) is 4.57 Å². The summed E-state index contributed by atoms with van der Waals surface area (Å²) in [5, 5.41) is 4.88. The van der Waals surface area contributed by atoms with E-state index in [-0.39, 0.29) is 0 Å². The Morgan fingerprint density at radius 1 is 0.396 bits per heavy atom. The van der Waals surface area contributed by atoms with Crippen LogP contribution in [0.2, 0.25) is 0 Å². The molecule has 0 atom stereocenters. The molecule has 2 aromatic heterocycles. The quantitative estimate of drug-likeness (QED) is 0.193. The second-order valence-electron chi connectivity index (χ2n) is 12.4. The Balaban J connectivity index is 1.18. The van der Waals surface area contributed by atoms with Crippen molar-refractivity contribution in [3.8, 4) is 50.7 Å². The van der Waals surface area contributed by atoms with Crippen LogP contribution in [0.25, 0.3) is 83.3 Å². The zero-order chi connectivity index (χ0) is 32.0. The Morgan fingerprint density at radius 3 is 1.65 bits per heavy atom. The van der Waals surface area contributed by atoms with Crippen molar-refractivity contribution < 1.29 is 0 Å². The van der Waals surface area contributed by atoms with Crippen LogP contribution in [0.1, 0.15) is 5.56 Å². The molecule has 3 heteroatoms. The average Bonchev–Trinajstić information content (AvgIpc) is 3.54. The molecule has 3 nitrogen and oxygen atoms in total. The third kappa shape index (κ3) is 5.03. The second-order valence-corrected chi connectivity index (χ2v) is 12.4. The molecule has 0 saturated carbocycles. The van der Waals surface area contributed by atoms with Crippen molar-refractivity contribution in [2.24, 2.45) is 0 Å². The summed E-state index contributed by atoms with van der Waals surface area (Å²) in [5.41, 5.74) is 11.8. The van der Waals surface area contributed by atoms with Crippen LogP contribution >= 0.6 is 0 Å². The van der Waals surface area contributed by atoms with Crippen molar-refractivity contribution in [1.29, 1.82) is 0 Å². The van der Waals surface area contributed by atoms with E-state index in [9.17, 15) is 0 Å². The van der Waals surface area contributed by atoms with E-state index in [0.717, 1.165) is 56.2 Å². The summed E-state index contributed by atoms with van der Waals surface area (Å²) in [6, 6.07) is 60.4. The SMILES string of the molecule is Cc1ccc(-c2nc3ccccc3n2-c2ccc(-c3cc(-c4ccc5ccccc5c4)cc(-c4ccc5ccccc5c4)n3)cc2)cc1. The van der Waals surface area contributed by atoms with Gasteiger partial charge in [0.1, 0.15) is 5.82 Å². The molecular formula is C45H31N3. The van der Waals surface area contributed by atoms with Gasteiger partial charge in [-0.1, -0.05) is 127 Å². The van der Waals surface area contributed by atoms with Gasteiger partial charge < -0.3 is 0 Å². The maximum Gasteiger partial charge on any atom is 0.145 e. The first-order valence-electron chi connectivity index (χ1n) is 16.3. The molecule has 226 valence electrons. The van der Waals surface area contributed by atoms with Crippen molar-refractivity contribution in [3.63, 3.8) is 0 Å². The Bertz CT molecular complexity index is 2510. The molecule has 0 aliphatic heterocycles. The molecule has 0 aliphatic carbocycles. The van der Waals surface area contributed by atoms with Gasteiger partial charge in [0, 0.05) is 22.4 Å². The Labute approximate surface area is 279 Å². The highest BCUT2D eigenvalue weighted by atomic mass is 15.1. The summed E-state index contributed by atoms with van der Waals surface area (Å²) in [6.07, 6.45) is 0. The van der Waals surface area contributed by atoms with E-state index in [2.05, 4.69) is 175 Å². The molecule has 2 heterocycles. The number of nitrogens with zero attached hydrogens (tertiary/aromatic N) is 3. The number of pyridine rings is 1. The van der Waals surface area contributed by atoms with Gasteiger partial charge in [0.25, 0.3) is 0 Å². The lowest BCUT2D eigenvalue weighted by atomic mass is 9.97. The fraction of sp³-hybridized carbons (Fsp3) is 0.0222. The van der Waals surface area contributed by atoms with E-state index in [4.69, 9.17) is 9.97 Å². The molecule has 9 aromatic rings. The van der Waals surface area contributed by atoms with Gasteiger partial charge in [0.05, 0.1) is 22.4 Å². The zero-order valence-electron chi connectivity index (χ0n) is 26.5. The fourth-order valence-electron chi connectivity index (χ4n) is 6.68. The summed E-state index contributed by atoms with van der Waals surface area (Å²) >= 11 is 0. The third-order valence-corrected chi connectivity index (χ3v) is 9.25. The second kappa shape index (κ2) is 11.5. The summed E-state index contributed by atoms with van der Waals surface area (Å²) in [5.74, 6) is 0.930. The number of aromatic nitrogens is 3. The van der Waals surface area contributed by atoms with Gasteiger partial charge >= 0.3 is 0 Å². The van der Waals surface area contributed by atoms with Crippen LogP contribution in [0, 0.1) is 6.92 Å². The third-order valence-electron chi connectivity index (χ3n) is 9.25. The Morgan fingerprint density at radius 2 is 0.938 bits per heavy atom. The van der Waals surface area contributed by atoms with Crippen LogP contribution < -0.4 is 0 Å². The maximum atomic E-state index is 5.27. The molecule has 0 bridgehead atoms. The zero-order valence-corrected chi connectivity index (χ0v) is 26.5. The predicted molar refractivity (Wildman–Crippen MR) is 200 cm³/mol. The van der Waals surface area contributed by atoms with Crippen LogP contribution in [0.3, 0.4) is 0 Å². The average molecular weight is 614 g/mol. The predicted octanol–water partition coefficient (Wildman–Crippen LogP) is 11.7. The molecule has 0 spiro atoms. The van der Waals surface area contributed by atoms with E-state index >= 15 is 0 Å². The molecule has 0 unspecified atom stereocenters. The van der Waals surface area contributed by atoms with E-state index in [0.29, 0.717) is 0 Å². The highest BCUT2D eigenvalue weighted by Crippen LogP contribution is 2.34. The summed E-state index contributed by atoms with van der Waals surface area (Å²) in [6.45, 7) is 2.11. The molecule has 48 heavy (non-hydrogen) atoms. The highest BCUT2D eigenvalue weighted by molar-refractivity contribution is 5.90. The van der Waals surface area contributed by atoms with Gasteiger partial charge in [0.15, 0.2) is 0 Å². The van der Waals surface area contributed by atoms with E-state index in [1.807, 2.05) is 6.07 Å². The van der Waals surface area contributed by atoms with Crippen molar-refractivity contribution in [2.45, 2.75) is 6.92 Å². The van der Waals surface area contributed by atoms with Crippen LogP contribution in [0.15, 0.2) is 170 Å². The number of rotatable bonds is 5. The van der Waals surface area contributed by atoms with Crippen molar-refractivity contribution in [3.05, 3.63) is 175 Å². The van der Waals surface area contributed by atoms with Crippen molar-refractivity contribution >= 4 is 32.6 Å². The van der Waals surface area contributed by atoms with Crippen LogP contribution in [0.5, 0.6) is 0 Å². The van der Waals surface area contributed by atoms with Crippen LogP contribution in [-0.2, 0) is 0 Å². The summed E-state index contributed by atoms with van der Waals surface area (Å²) in [7, 11) is 0. The molecule has 0 amide bonds. The van der Waals surface area contributed by atoms with E-state index < -0.39 is 0 Å². The first kappa shape index (κ1) is 27.9. The number of para-hydroxylation sites is 2. The maximum absolute atomic E-state index is 5.27. The minimum Gasteiger partial charge on any atom is -0.292 e. The number of fused-ring (bicyclic) bond motifs is 3. The van der Waals surface area contributed by atoms with Crippen LogP contribution in [-0.4, -0.2) is 14.5 Å². The molecule has 0 N–H and O–H groups in total. The molecular weight excluding hydrogens is 583 g/mol. The molecule has 9 rings (SSSR count). The fourth-order valence-corrected chi connectivity index (χ4v) is 6.68. The smallest absolute Gasteiger partial charge is 0.145 e. The molecule has 0 radical (unpaired) electrons. The summed E-state index contributed by atoms with van der Waals surface area (Å²) < 4.78 is 2.25. The van der Waals surface area contributed by atoms with E-state index in [1.54, 1.807) is 0 Å². The largest absolute Gasteiger partial charge is 0.292 e. The van der Waals surface area contributed by atoms with Gasteiger partial charge in [-0.05, 0) is 88.1 Å². The van der Waals surface area contributed by atoms with E-state index in [1.165, 1.54) is 32.7 Å². The molecule has 0 fully saturated rings. The van der Waals surface area contributed by atoms with Crippen LogP contribution in [0.4, 0.5) is 0 Å². The first-order valence-corrected chi connectivity index (χ1v) is 16.3. The molecule has 0 saturated heterocycles. The topological polar surface area (TPSA) is 30.7 Å². The minimum absolute atomic E-state index is 0.930. The normalized spacial score (nSPS) is 11.4. The number of hydrogen-bond donors (Lipinski definition) is 0. The van der Waals surface area contributed by atoms with Gasteiger partial charge in [-0.2, -0.15) is 0 Å². The Hall–Kier alpha value is -6.32. The summed E-state index contributed by atoms with van der Waals surface area (Å²) in [4.78, 5) is 10.3. The van der Waals surface area contributed by atoms with Gasteiger partial charge in [-0.15, -0.1) is 0 Å². The van der Waals surface area contributed by atoms with Gasteiger partial charge in [0.2, 0.25) is 0 Å².